The third-order valence-electron chi connectivity index (χ3n) is 10.9. The average molecular weight is 614 g/mol. The molecule has 1 N–H and O–H groups in total. The molecule has 225 valence electrons. The number of fused-ring (bicyclic) bond motifs is 8. The van der Waals surface area contributed by atoms with Crippen LogP contribution in [0.15, 0.2) is 91.0 Å². The molecule has 2 aromatic heterocycles. The lowest BCUT2D eigenvalue weighted by molar-refractivity contribution is 0.332. The summed E-state index contributed by atoms with van der Waals surface area (Å²) in [5.41, 5.74) is 16.0. The first kappa shape index (κ1) is 28.0. The highest BCUT2D eigenvalue weighted by atomic mass is 32.1. The maximum atomic E-state index is 3.75. The molecule has 0 saturated heterocycles. The molecule has 46 heavy (non-hydrogen) atoms. The van der Waals surface area contributed by atoms with E-state index in [1.807, 2.05) is 11.3 Å². The summed E-state index contributed by atoms with van der Waals surface area (Å²) < 4.78 is 5.34. The summed E-state index contributed by atoms with van der Waals surface area (Å²) in [7, 11) is 2.49. The van der Waals surface area contributed by atoms with Crippen LogP contribution in [0.25, 0.3) is 48.7 Å². The largest absolute Gasteiger partial charge is 0.355 e. The van der Waals surface area contributed by atoms with Crippen molar-refractivity contribution >= 4 is 72.1 Å². The Kier molecular flexibility index (Phi) is 5.85. The van der Waals surface area contributed by atoms with Gasteiger partial charge in [0.05, 0.1) is 11.2 Å². The monoisotopic (exact) mass is 613 g/mol. The molecule has 0 bridgehead atoms. The highest BCUT2D eigenvalue weighted by molar-refractivity contribution is 7.29. The first-order valence-electron chi connectivity index (χ1n) is 16.6. The molecule has 1 aliphatic carbocycles. The van der Waals surface area contributed by atoms with Crippen molar-refractivity contribution in [2.45, 2.75) is 65.2 Å². The first-order valence-corrected chi connectivity index (χ1v) is 17.4. The van der Waals surface area contributed by atoms with Gasteiger partial charge >= 0.3 is 0 Å². The number of nitrogens with zero attached hydrogens (tertiary/aromatic N) is 1. The molecule has 1 radical (unpaired) electrons. The fourth-order valence-corrected chi connectivity index (χ4v) is 9.39. The van der Waals surface area contributed by atoms with Crippen LogP contribution in [0.5, 0.6) is 0 Å². The van der Waals surface area contributed by atoms with Crippen molar-refractivity contribution in [3.8, 4) is 16.8 Å². The van der Waals surface area contributed by atoms with Gasteiger partial charge in [0, 0.05) is 43.3 Å². The van der Waals surface area contributed by atoms with Crippen molar-refractivity contribution in [2.24, 2.45) is 0 Å². The van der Waals surface area contributed by atoms with Gasteiger partial charge in [-0.2, -0.15) is 0 Å². The molecular formula is C42H38BN2S. The summed E-state index contributed by atoms with van der Waals surface area (Å²) in [4.78, 5) is 0. The van der Waals surface area contributed by atoms with E-state index in [0.29, 0.717) is 0 Å². The van der Waals surface area contributed by atoms with Crippen LogP contribution in [0.2, 0.25) is 0 Å². The molecule has 2 aliphatic rings. The van der Waals surface area contributed by atoms with Gasteiger partial charge in [-0.1, -0.05) is 87.9 Å². The van der Waals surface area contributed by atoms with Crippen LogP contribution in [0.4, 0.5) is 11.4 Å². The van der Waals surface area contributed by atoms with E-state index in [9.17, 15) is 0 Å². The first-order chi connectivity index (χ1) is 22.1. The Bertz CT molecular complexity index is 2390. The van der Waals surface area contributed by atoms with Gasteiger partial charge in [-0.05, 0) is 106 Å². The van der Waals surface area contributed by atoms with E-state index in [-0.39, 0.29) is 10.8 Å². The topological polar surface area (TPSA) is 17.0 Å². The van der Waals surface area contributed by atoms with Crippen LogP contribution >= 0.6 is 11.3 Å². The zero-order chi connectivity index (χ0) is 31.5. The molecule has 0 amide bonds. The van der Waals surface area contributed by atoms with E-state index >= 15 is 0 Å². The molecule has 0 fully saturated rings. The Hall–Kier alpha value is -4.28. The van der Waals surface area contributed by atoms with Crippen LogP contribution in [-0.2, 0) is 10.8 Å². The lowest BCUT2D eigenvalue weighted by Gasteiger charge is -2.42. The number of thiophene rings is 1. The fourth-order valence-electron chi connectivity index (χ4n) is 8.23. The van der Waals surface area contributed by atoms with Gasteiger partial charge < -0.3 is 9.88 Å². The van der Waals surface area contributed by atoms with Crippen LogP contribution in [0.3, 0.4) is 0 Å². The van der Waals surface area contributed by atoms with Gasteiger partial charge in [0.15, 0.2) is 0 Å². The second kappa shape index (κ2) is 9.62. The van der Waals surface area contributed by atoms with Crippen molar-refractivity contribution in [1.29, 1.82) is 0 Å². The minimum atomic E-state index is 0.163. The Morgan fingerprint density at radius 1 is 0.739 bits per heavy atom. The van der Waals surface area contributed by atoms with Gasteiger partial charge in [-0.3, -0.25) is 0 Å². The van der Waals surface area contributed by atoms with Gasteiger partial charge in [0.1, 0.15) is 0 Å². The Morgan fingerprint density at radius 2 is 1.43 bits per heavy atom. The second-order valence-electron chi connectivity index (χ2n) is 14.9. The van der Waals surface area contributed by atoms with E-state index in [1.165, 1.54) is 94.0 Å². The average Bonchev–Trinajstić information content (AvgIpc) is 3.58. The zero-order valence-corrected chi connectivity index (χ0v) is 28.3. The SMILES string of the molecule is Cc1ccc(Nc2ccccc2-c2cc(C)c3c4ccccc4n4c3c2[B]c2sc3cc5c(cc3c2-4)C(C)(C)CCC5(C)C)cc1. The van der Waals surface area contributed by atoms with E-state index in [4.69, 9.17) is 0 Å². The number of aryl methyl sites for hydroxylation is 2. The molecule has 5 aromatic carbocycles. The van der Waals surface area contributed by atoms with Gasteiger partial charge in [0.2, 0.25) is 7.28 Å². The summed E-state index contributed by atoms with van der Waals surface area (Å²) in [6.07, 6.45) is 2.44. The van der Waals surface area contributed by atoms with Crippen molar-refractivity contribution in [2.75, 3.05) is 5.32 Å². The third kappa shape index (κ3) is 3.96. The lowest BCUT2D eigenvalue weighted by atomic mass is 9.62. The highest BCUT2D eigenvalue weighted by Gasteiger charge is 2.38. The number of nitrogens with one attached hydrogen (secondary N) is 1. The second-order valence-corrected chi connectivity index (χ2v) is 16.0. The summed E-state index contributed by atoms with van der Waals surface area (Å²) >= 11 is 1.96. The molecule has 3 heterocycles. The predicted molar refractivity (Wildman–Crippen MR) is 201 cm³/mol. The molecule has 4 heteroatoms. The van der Waals surface area contributed by atoms with Crippen molar-refractivity contribution < 1.29 is 0 Å². The minimum absolute atomic E-state index is 0.163. The summed E-state index contributed by atoms with van der Waals surface area (Å²) in [5, 5.41) is 7.82. The quantitative estimate of drug-likeness (QED) is 0.196. The normalized spacial score (nSPS) is 16.0. The molecule has 1 aliphatic heterocycles. The number of hydrogen-bond donors (Lipinski definition) is 1. The van der Waals surface area contributed by atoms with E-state index in [0.717, 1.165) is 11.4 Å². The third-order valence-corrected chi connectivity index (χ3v) is 12.0. The molecule has 2 nitrogen and oxygen atoms in total. The molecule has 7 aromatic rings. The molecule has 9 rings (SSSR count). The number of hydrogen-bond acceptors (Lipinski definition) is 2. The van der Waals surface area contributed by atoms with Crippen LogP contribution in [0, 0.1) is 13.8 Å². The summed E-state index contributed by atoms with van der Waals surface area (Å²) in [5.74, 6) is 0. The highest BCUT2D eigenvalue weighted by Crippen LogP contribution is 2.49. The van der Waals surface area contributed by atoms with Crippen molar-refractivity contribution in [1.82, 2.24) is 4.57 Å². The van der Waals surface area contributed by atoms with E-state index in [1.54, 1.807) is 0 Å². The van der Waals surface area contributed by atoms with Crippen LogP contribution < -0.4 is 15.6 Å². The molecular weight excluding hydrogens is 575 g/mol. The number of aromatic nitrogens is 1. The van der Waals surface area contributed by atoms with E-state index in [2.05, 4.69) is 150 Å². The van der Waals surface area contributed by atoms with Gasteiger partial charge in [-0.25, -0.2) is 0 Å². The lowest BCUT2D eigenvalue weighted by Crippen LogP contribution is -2.35. The van der Waals surface area contributed by atoms with Gasteiger partial charge in [-0.15, -0.1) is 11.3 Å². The fraction of sp³-hybridized carbons (Fsp3) is 0.238. The number of anilines is 2. The van der Waals surface area contributed by atoms with E-state index < -0.39 is 0 Å². The molecule has 0 atom stereocenters. The van der Waals surface area contributed by atoms with Crippen molar-refractivity contribution in [3.63, 3.8) is 0 Å². The van der Waals surface area contributed by atoms with Gasteiger partial charge in [0.25, 0.3) is 0 Å². The zero-order valence-electron chi connectivity index (χ0n) is 27.5. The smallest absolute Gasteiger partial charge is 0.211 e. The molecule has 0 saturated carbocycles. The predicted octanol–water partition coefficient (Wildman–Crippen LogP) is 10.3. The standard InChI is InChI=1S/C42H38BN2S/c1-24-15-17-26(18-16-24)44-33-13-9-7-11-27(33)29-21-25(2)36-28-12-8-10-14-34(28)45-38-30-22-31-32(42(5,6)20-19-41(31,3)4)23-35(30)46-40(38)43-37(29)39(36)45/h7-18,21-23,44H,19-20H2,1-6H3. The Labute approximate surface area is 276 Å². The number of para-hydroxylation sites is 2. The number of benzene rings is 5. The molecule has 0 unspecified atom stereocenters. The van der Waals surface area contributed by atoms with Crippen molar-refractivity contribution in [3.05, 3.63) is 113 Å². The van der Waals surface area contributed by atoms with Crippen LogP contribution in [0.1, 0.15) is 62.8 Å². The number of rotatable bonds is 3. The Morgan fingerprint density at radius 3 is 2.22 bits per heavy atom. The maximum Gasteiger partial charge on any atom is 0.211 e. The minimum Gasteiger partial charge on any atom is -0.355 e. The molecule has 0 spiro atoms. The summed E-state index contributed by atoms with van der Waals surface area (Å²) in [6.45, 7) is 14.2. The maximum absolute atomic E-state index is 3.75. The summed E-state index contributed by atoms with van der Waals surface area (Å²) in [6, 6.07) is 34.0. The Balaban J connectivity index is 1.34. The van der Waals surface area contributed by atoms with Crippen LogP contribution in [-0.4, -0.2) is 11.8 Å².